The molecule has 0 aromatic rings. The maximum atomic E-state index is 8.48. The van der Waals surface area contributed by atoms with Gasteiger partial charge in [-0.25, -0.2) is 0 Å². The molecule has 0 aliphatic carbocycles. The van der Waals surface area contributed by atoms with Crippen LogP contribution in [0.25, 0.3) is 0 Å². The van der Waals surface area contributed by atoms with Gasteiger partial charge in [-0.15, -0.1) is 0 Å². The largest absolute Gasteiger partial charge is 2.00 e. The molecular weight excluding hydrogens is 216 g/mol. The Morgan fingerprint density at radius 2 is 1.40 bits per heavy atom. The summed E-state index contributed by atoms with van der Waals surface area (Å²) >= 11 is 0. The molecule has 0 rings (SSSR count). The fourth-order valence-electron chi connectivity index (χ4n) is 0. The molecule has 0 aromatic carbocycles. The van der Waals surface area contributed by atoms with Crippen molar-refractivity contribution in [2.75, 3.05) is 0 Å². The monoisotopic (exact) mass is 217 g/mol. The summed E-state index contributed by atoms with van der Waals surface area (Å²) in [5.41, 5.74) is 0. The van der Waals surface area contributed by atoms with Gasteiger partial charge in [-0.1, -0.05) is 0 Å². The van der Waals surface area contributed by atoms with E-state index in [9.17, 15) is 0 Å². The molecule has 0 saturated carbocycles. The van der Waals surface area contributed by atoms with Crippen molar-refractivity contribution in [3.63, 3.8) is 0 Å². The second-order valence-electron chi connectivity index (χ2n) is 0.224. The van der Waals surface area contributed by atoms with Crippen molar-refractivity contribution in [2.45, 2.75) is 0 Å². The Kier molecular flexibility index (Phi) is 10.5. The Labute approximate surface area is 69.7 Å². The summed E-state index contributed by atoms with van der Waals surface area (Å²) in [6.07, 6.45) is 0. The van der Waals surface area contributed by atoms with Crippen LogP contribution in [-0.4, -0.2) is 48.9 Å². The molecule has 0 unspecified atom stereocenters. The molecule has 24 valence electrons. The van der Waals surface area contributed by atoms with E-state index in [1.54, 1.807) is 0 Å². The van der Waals surface area contributed by atoms with Gasteiger partial charge in [-0.3, -0.25) is 9.13 Å². The number of rotatable bonds is 0. The fraction of sp³-hybridized carbons (Fsp3) is 0. The SMILES string of the molecule is O=P(=O)[O-].[Ba+2]. The molecule has 0 atom stereocenters. The quantitative estimate of drug-likeness (QED) is 0.388. The second kappa shape index (κ2) is 5.43. The van der Waals surface area contributed by atoms with E-state index in [1.807, 2.05) is 0 Å². The van der Waals surface area contributed by atoms with Gasteiger partial charge in [-0.05, 0) is 0 Å². The van der Waals surface area contributed by atoms with Crippen molar-refractivity contribution in [2.24, 2.45) is 0 Å². The summed E-state index contributed by atoms with van der Waals surface area (Å²) in [7, 11) is -3.37. The minimum absolute atomic E-state index is 0. The van der Waals surface area contributed by atoms with Gasteiger partial charge < -0.3 is 4.89 Å². The maximum absolute atomic E-state index is 8.48. The summed E-state index contributed by atoms with van der Waals surface area (Å²) in [5, 5.41) is 0. The molecule has 0 aromatic heterocycles. The predicted molar refractivity (Wildman–Crippen MR) is 14.0 cm³/mol. The first-order chi connectivity index (χ1) is 1.73. The smallest absolute Gasteiger partial charge is 0.744 e. The Bertz CT molecular complexity index is 55.3. The normalized spacial score (nSPS) is 5.00. The van der Waals surface area contributed by atoms with E-state index < -0.39 is 7.91 Å². The van der Waals surface area contributed by atoms with Crippen LogP contribution in [0.2, 0.25) is 0 Å². The fourth-order valence-corrected chi connectivity index (χ4v) is 0. The average molecular weight is 216 g/mol. The number of hydrogen-bond acceptors (Lipinski definition) is 3. The van der Waals surface area contributed by atoms with Gasteiger partial charge in [0.25, 0.3) is 0 Å². The number of hydrogen-bond donors (Lipinski definition) is 0. The van der Waals surface area contributed by atoms with Gasteiger partial charge in [-0.2, -0.15) is 0 Å². The molecule has 0 radical (unpaired) electrons. The van der Waals surface area contributed by atoms with Gasteiger partial charge in [0.15, 0.2) is 0 Å². The molecule has 0 bridgehead atoms. The summed E-state index contributed by atoms with van der Waals surface area (Å²) in [6.45, 7) is 0. The summed E-state index contributed by atoms with van der Waals surface area (Å²) in [5.74, 6) is 0. The maximum Gasteiger partial charge on any atom is 2.00 e. The zero-order chi connectivity index (χ0) is 3.58. The van der Waals surface area contributed by atoms with E-state index in [4.69, 9.17) is 14.0 Å². The third kappa shape index (κ3) is 31.2. The van der Waals surface area contributed by atoms with Crippen LogP contribution in [0, 0.1) is 0 Å². The van der Waals surface area contributed by atoms with Crippen molar-refractivity contribution in [1.82, 2.24) is 0 Å². The molecule has 0 fully saturated rings. The van der Waals surface area contributed by atoms with Gasteiger partial charge in [0, 0.05) is 0 Å². The van der Waals surface area contributed by atoms with E-state index in [1.165, 1.54) is 0 Å². The Morgan fingerprint density at radius 3 is 1.40 bits per heavy atom. The Morgan fingerprint density at radius 1 is 1.40 bits per heavy atom. The van der Waals surface area contributed by atoms with E-state index in [0.29, 0.717) is 0 Å². The van der Waals surface area contributed by atoms with E-state index in [-0.39, 0.29) is 48.9 Å². The van der Waals surface area contributed by atoms with Crippen molar-refractivity contribution < 1.29 is 14.0 Å². The van der Waals surface area contributed by atoms with Crippen molar-refractivity contribution in [3.8, 4) is 0 Å². The van der Waals surface area contributed by atoms with E-state index >= 15 is 0 Å². The van der Waals surface area contributed by atoms with Gasteiger partial charge >= 0.3 is 48.9 Å². The summed E-state index contributed by atoms with van der Waals surface area (Å²) in [4.78, 5) is 8.48. The van der Waals surface area contributed by atoms with Crippen LogP contribution in [0.3, 0.4) is 0 Å². The van der Waals surface area contributed by atoms with Crippen LogP contribution >= 0.6 is 7.91 Å². The minimum Gasteiger partial charge on any atom is -0.744 e. The van der Waals surface area contributed by atoms with Crippen molar-refractivity contribution in [1.29, 1.82) is 0 Å². The molecule has 3 nitrogen and oxygen atoms in total. The first-order valence-electron chi connectivity index (χ1n) is 0.548. The van der Waals surface area contributed by atoms with E-state index in [0.717, 1.165) is 0 Å². The second-order valence-corrected chi connectivity index (χ2v) is 0.671. The minimum atomic E-state index is -3.37. The molecule has 0 N–H and O–H groups in total. The van der Waals surface area contributed by atoms with Crippen LogP contribution in [0.1, 0.15) is 0 Å². The first-order valence-corrected chi connectivity index (χ1v) is 1.64. The van der Waals surface area contributed by atoms with E-state index in [2.05, 4.69) is 0 Å². The standard InChI is InChI=1S/Ba.HO3P/c;1-4(2)3/h;(H,1,2,3)/q+2;/p-1. The zero-order valence-corrected chi connectivity index (χ0v) is 7.71. The van der Waals surface area contributed by atoms with Crippen LogP contribution in [-0.2, 0) is 9.13 Å². The van der Waals surface area contributed by atoms with Gasteiger partial charge in [0.05, 0.1) is 0 Å². The van der Waals surface area contributed by atoms with Crippen LogP contribution < -0.4 is 4.89 Å². The van der Waals surface area contributed by atoms with Crippen molar-refractivity contribution in [3.05, 3.63) is 0 Å². The predicted octanol–water partition coefficient (Wildman–Crippen LogP) is -0.946. The van der Waals surface area contributed by atoms with Crippen LogP contribution in [0.5, 0.6) is 0 Å². The molecule has 0 heterocycles. The van der Waals surface area contributed by atoms with Crippen molar-refractivity contribution >= 4 is 56.8 Å². The first kappa shape index (κ1) is 9.66. The van der Waals surface area contributed by atoms with Gasteiger partial charge in [0.2, 0.25) is 7.91 Å². The van der Waals surface area contributed by atoms with Gasteiger partial charge in [0.1, 0.15) is 0 Å². The third-order valence-electron chi connectivity index (χ3n) is 0. The zero-order valence-electron chi connectivity index (χ0n) is 2.38. The van der Waals surface area contributed by atoms with Crippen LogP contribution in [0.15, 0.2) is 0 Å². The molecule has 0 aliphatic heterocycles. The molecule has 0 amide bonds. The topological polar surface area (TPSA) is 57.2 Å². The third-order valence-corrected chi connectivity index (χ3v) is 0. The molecular formula is BaO3P+. The molecule has 0 aliphatic rings. The average Bonchev–Trinajstić information content (AvgIpc) is 0.811. The Hall–Kier alpha value is 1.43. The molecule has 0 spiro atoms. The molecule has 5 heavy (non-hydrogen) atoms. The van der Waals surface area contributed by atoms with Crippen LogP contribution in [0.4, 0.5) is 0 Å². The molecule has 5 heteroatoms. The Balaban J connectivity index is 0. The summed E-state index contributed by atoms with van der Waals surface area (Å²) in [6, 6.07) is 0. The molecule has 0 saturated heterocycles. The summed E-state index contributed by atoms with van der Waals surface area (Å²) < 4.78 is 17.0.